The third-order valence-corrected chi connectivity index (χ3v) is 4.12. The second-order valence-corrected chi connectivity index (χ2v) is 6.00. The molecule has 8 heteroatoms. The minimum absolute atomic E-state index is 0.0524. The van der Waals surface area contributed by atoms with E-state index < -0.39 is 34.8 Å². The maximum atomic E-state index is 13.7. The number of alkyl halides is 3. The van der Waals surface area contributed by atoms with Gasteiger partial charge >= 0.3 is 6.18 Å². The van der Waals surface area contributed by atoms with Crippen molar-refractivity contribution in [1.82, 2.24) is 0 Å². The average molecular weight is 402 g/mol. The van der Waals surface area contributed by atoms with Crippen LogP contribution in [0.25, 0.3) is 11.1 Å². The van der Waals surface area contributed by atoms with E-state index in [4.69, 9.17) is 5.26 Å². The number of hydrogen-bond donors (Lipinski definition) is 1. The SMILES string of the molecule is N#Cc1ccc(C(F)(F)F)cc1-c1ccc(NC(=O)c2cccc(F)c2F)cc1. The summed E-state index contributed by atoms with van der Waals surface area (Å²) in [6.07, 6.45) is -4.56. The molecule has 3 rings (SSSR count). The first-order chi connectivity index (χ1) is 13.7. The van der Waals surface area contributed by atoms with Crippen molar-refractivity contribution in [1.29, 1.82) is 5.26 Å². The Bertz CT molecular complexity index is 1120. The van der Waals surface area contributed by atoms with Gasteiger partial charge in [0.15, 0.2) is 11.6 Å². The van der Waals surface area contributed by atoms with Crippen molar-refractivity contribution >= 4 is 11.6 Å². The lowest BCUT2D eigenvalue weighted by Crippen LogP contribution is -2.14. The lowest BCUT2D eigenvalue weighted by Gasteiger charge is -2.11. The number of amides is 1. The van der Waals surface area contributed by atoms with Crippen molar-refractivity contribution < 1.29 is 26.7 Å². The monoisotopic (exact) mass is 402 g/mol. The molecule has 3 nitrogen and oxygen atoms in total. The van der Waals surface area contributed by atoms with Gasteiger partial charge in [-0.2, -0.15) is 18.4 Å². The third kappa shape index (κ3) is 4.24. The van der Waals surface area contributed by atoms with Crippen LogP contribution in [0.1, 0.15) is 21.5 Å². The molecular weight excluding hydrogens is 391 g/mol. The van der Waals surface area contributed by atoms with Crippen molar-refractivity contribution in [3.8, 4) is 17.2 Å². The highest BCUT2D eigenvalue weighted by molar-refractivity contribution is 6.04. The molecule has 0 fully saturated rings. The Balaban J connectivity index is 1.88. The van der Waals surface area contributed by atoms with Gasteiger partial charge in [0.2, 0.25) is 0 Å². The van der Waals surface area contributed by atoms with E-state index in [0.29, 0.717) is 5.56 Å². The predicted molar refractivity (Wildman–Crippen MR) is 95.9 cm³/mol. The van der Waals surface area contributed by atoms with E-state index in [1.54, 1.807) is 0 Å². The van der Waals surface area contributed by atoms with Crippen molar-refractivity contribution in [2.75, 3.05) is 5.32 Å². The Morgan fingerprint density at radius 2 is 1.66 bits per heavy atom. The molecule has 0 radical (unpaired) electrons. The van der Waals surface area contributed by atoms with Gasteiger partial charge in [-0.3, -0.25) is 4.79 Å². The number of nitrogens with one attached hydrogen (secondary N) is 1. The maximum Gasteiger partial charge on any atom is 0.416 e. The smallest absolute Gasteiger partial charge is 0.322 e. The molecule has 0 atom stereocenters. The second kappa shape index (κ2) is 7.72. The Morgan fingerprint density at radius 3 is 2.28 bits per heavy atom. The fourth-order valence-corrected chi connectivity index (χ4v) is 2.67. The fourth-order valence-electron chi connectivity index (χ4n) is 2.67. The highest BCUT2D eigenvalue weighted by Gasteiger charge is 2.31. The van der Waals surface area contributed by atoms with Gasteiger partial charge in [0.05, 0.1) is 22.8 Å². The molecule has 1 N–H and O–H groups in total. The number of nitriles is 1. The third-order valence-electron chi connectivity index (χ3n) is 4.12. The zero-order chi connectivity index (χ0) is 21.2. The first-order valence-electron chi connectivity index (χ1n) is 8.18. The molecule has 146 valence electrons. The second-order valence-electron chi connectivity index (χ2n) is 6.00. The fraction of sp³-hybridized carbons (Fsp3) is 0.0476. The van der Waals surface area contributed by atoms with Crippen molar-refractivity contribution in [2.24, 2.45) is 0 Å². The van der Waals surface area contributed by atoms with Crippen LogP contribution in [0.2, 0.25) is 0 Å². The van der Waals surface area contributed by atoms with Crippen LogP contribution in [0.5, 0.6) is 0 Å². The van der Waals surface area contributed by atoms with Crippen LogP contribution >= 0.6 is 0 Å². The zero-order valence-electron chi connectivity index (χ0n) is 14.5. The molecule has 0 bridgehead atoms. The van der Waals surface area contributed by atoms with Gasteiger partial charge in [0, 0.05) is 11.3 Å². The van der Waals surface area contributed by atoms with Gasteiger partial charge in [-0.25, -0.2) is 8.78 Å². The van der Waals surface area contributed by atoms with E-state index in [9.17, 15) is 26.7 Å². The molecule has 0 saturated heterocycles. The number of benzene rings is 3. The van der Waals surface area contributed by atoms with Gasteiger partial charge in [0.1, 0.15) is 0 Å². The van der Waals surface area contributed by atoms with Crippen LogP contribution in [0.4, 0.5) is 27.6 Å². The summed E-state index contributed by atoms with van der Waals surface area (Å²) in [5.41, 5.74) is -0.715. The highest BCUT2D eigenvalue weighted by Crippen LogP contribution is 2.34. The molecular formula is C21H11F5N2O. The standard InChI is InChI=1S/C21H11F5N2O/c22-18-3-1-2-16(19(18)23)20(29)28-15-8-5-12(6-9-15)17-10-14(21(24,25)26)7-4-13(17)11-27/h1-10H,(H,28,29). The summed E-state index contributed by atoms with van der Waals surface area (Å²) in [5, 5.41) is 11.5. The lowest BCUT2D eigenvalue weighted by molar-refractivity contribution is -0.137. The quantitative estimate of drug-likeness (QED) is 0.565. The predicted octanol–water partition coefficient (Wildman–Crippen LogP) is 5.77. The van der Waals surface area contributed by atoms with Crippen molar-refractivity contribution in [2.45, 2.75) is 6.18 Å². The van der Waals surface area contributed by atoms with Crippen LogP contribution < -0.4 is 5.32 Å². The summed E-state index contributed by atoms with van der Waals surface area (Å²) in [4.78, 5) is 12.1. The Morgan fingerprint density at radius 1 is 0.966 bits per heavy atom. The van der Waals surface area contributed by atoms with E-state index in [1.165, 1.54) is 30.3 Å². The van der Waals surface area contributed by atoms with Gasteiger partial charge in [0.25, 0.3) is 5.91 Å². The molecule has 0 aliphatic heterocycles. The first kappa shape index (κ1) is 20.0. The van der Waals surface area contributed by atoms with Gasteiger partial charge in [-0.15, -0.1) is 0 Å². The number of halogens is 5. The van der Waals surface area contributed by atoms with E-state index in [0.717, 1.165) is 30.3 Å². The van der Waals surface area contributed by atoms with E-state index in [-0.39, 0.29) is 16.8 Å². The maximum absolute atomic E-state index is 13.7. The normalized spacial score (nSPS) is 11.0. The Kier molecular flexibility index (Phi) is 5.33. The Labute approximate surface area is 162 Å². The van der Waals surface area contributed by atoms with Gasteiger partial charge in [-0.1, -0.05) is 18.2 Å². The van der Waals surface area contributed by atoms with Crippen LogP contribution in [0, 0.1) is 23.0 Å². The lowest BCUT2D eigenvalue weighted by atomic mass is 9.97. The molecule has 3 aromatic carbocycles. The number of carbonyl (C=O) groups excluding carboxylic acids is 1. The van der Waals surface area contributed by atoms with Gasteiger partial charge < -0.3 is 5.32 Å². The van der Waals surface area contributed by atoms with Crippen LogP contribution in [0.3, 0.4) is 0 Å². The molecule has 0 aliphatic carbocycles. The number of hydrogen-bond acceptors (Lipinski definition) is 2. The summed E-state index contributed by atoms with van der Waals surface area (Å²) in [6.45, 7) is 0. The minimum atomic E-state index is -4.56. The van der Waals surface area contributed by atoms with E-state index in [2.05, 4.69) is 5.32 Å². The number of nitrogens with zero attached hydrogens (tertiary/aromatic N) is 1. The van der Waals surface area contributed by atoms with Crippen LogP contribution in [-0.2, 0) is 6.18 Å². The van der Waals surface area contributed by atoms with E-state index >= 15 is 0 Å². The summed E-state index contributed by atoms with van der Waals surface area (Å²) in [7, 11) is 0. The average Bonchev–Trinajstić information content (AvgIpc) is 2.69. The Hall–Kier alpha value is -3.73. The molecule has 0 aliphatic rings. The molecule has 0 unspecified atom stereocenters. The van der Waals surface area contributed by atoms with Crippen LogP contribution in [0.15, 0.2) is 60.7 Å². The van der Waals surface area contributed by atoms with Crippen molar-refractivity contribution in [3.05, 3.63) is 89.0 Å². The largest absolute Gasteiger partial charge is 0.416 e. The molecule has 0 spiro atoms. The molecule has 3 aromatic rings. The number of rotatable bonds is 3. The topological polar surface area (TPSA) is 52.9 Å². The van der Waals surface area contributed by atoms with E-state index in [1.807, 2.05) is 6.07 Å². The summed E-state index contributed by atoms with van der Waals surface area (Å²) in [6, 6.07) is 13.4. The summed E-state index contributed by atoms with van der Waals surface area (Å²) >= 11 is 0. The van der Waals surface area contributed by atoms with Gasteiger partial charge in [-0.05, 0) is 48.0 Å². The van der Waals surface area contributed by atoms with Crippen LogP contribution in [-0.4, -0.2) is 5.91 Å². The minimum Gasteiger partial charge on any atom is -0.322 e. The number of anilines is 1. The molecule has 1 amide bonds. The molecule has 0 aromatic heterocycles. The highest BCUT2D eigenvalue weighted by atomic mass is 19.4. The number of carbonyl (C=O) groups is 1. The summed E-state index contributed by atoms with van der Waals surface area (Å²) < 4.78 is 65.8. The summed E-state index contributed by atoms with van der Waals surface area (Å²) in [5.74, 6) is -3.34. The molecule has 29 heavy (non-hydrogen) atoms. The molecule has 0 saturated carbocycles. The zero-order valence-corrected chi connectivity index (χ0v) is 14.5. The first-order valence-corrected chi connectivity index (χ1v) is 8.18. The van der Waals surface area contributed by atoms with Crippen molar-refractivity contribution in [3.63, 3.8) is 0 Å². The molecule has 0 heterocycles.